The first-order valence-corrected chi connectivity index (χ1v) is 11.4. The lowest BCUT2D eigenvalue weighted by molar-refractivity contribution is -0.133. The Bertz CT molecular complexity index is 1040. The minimum Gasteiger partial charge on any atom is -0.496 e. The summed E-state index contributed by atoms with van der Waals surface area (Å²) in [7, 11) is 1.63. The molecule has 4 rings (SSSR count). The summed E-state index contributed by atoms with van der Waals surface area (Å²) in [6.45, 7) is 0.931. The van der Waals surface area contributed by atoms with E-state index in [1.54, 1.807) is 23.3 Å². The first kappa shape index (κ1) is 20.5. The monoisotopic (exact) mass is 438 g/mol. The maximum atomic E-state index is 13.3. The SMILES string of the molecule is COc1ccccc1CN(Cc1cccs1)C(=O)C[C@@H]1Sc2ccccc2NC1=O. The van der Waals surface area contributed by atoms with Gasteiger partial charge in [-0.2, -0.15) is 0 Å². The number of hydrogen-bond acceptors (Lipinski definition) is 5. The average molecular weight is 439 g/mol. The molecule has 1 aliphatic rings. The number of hydrogen-bond donors (Lipinski definition) is 1. The van der Waals surface area contributed by atoms with Crippen LogP contribution < -0.4 is 10.1 Å². The molecule has 1 aliphatic heterocycles. The fourth-order valence-electron chi connectivity index (χ4n) is 3.38. The third-order valence-electron chi connectivity index (χ3n) is 4.90. The highest BCUT2D eigenvalue weighted by Gasteiger charge is 2.30. The highest BCUT2D eigenvalue weighted by molar-refractivity contribution is 8.01. The zero-order valence-electron chi connectivity index (χ0n) is 16.5. The molecule has 2 aromatic carbocycles. The van der Waals surface area contributed by atoms with Gasteiger partial charge in [-0.3, -0.25) is 9.59 Å². The summed E-state index contributed by atoms with van der Waals surface area (Å²) in [5, 5.41) is 4.47. The maximum absolute atomic E-state index is 13.3. The predicted molar refractivity (Wildman–Crippen MR) is 121 cm³/mol. The van der Waals surface area contributed by atoms with Crippen molar-refractivity contribution in [2.24, 2.45) is 0 Å². The van der Waals surface area contributed by atoms with Crippen LogP contribution in [-0.2, 0) is 22.7 Å². The van der Waals surface area contributed by atoms with Gasteiger partial charge in [-0.25, -0.2) is 0 Å². The van der Waals surface area contributed by atoms with Gasteiger partial charge in [-0.05, 0) is 29.6 Å². The fraction of sp³-hybridized carbons (Fsp3) is 0.217. The van der Waals surface area contributed by atoms with Crippen molar-refractivity contribution in [3.8, 4) is 5.75 Å². The van der Waals surface area contributed by atoms with Crippen LogP contribution >= 0.6 is 23.1 Å². The zero-order valence-corrected chi connectivity index (χ0v) is 18.2. The summed E-state index contributed by atoms with van der Waals surface area (Å²) in [4.78, 5) is 29.8. The van der Waals surface area contributed by atoms with Crippen LogP contribution in [0.25, 0.3) is 0 Å². The van der Waals surface area contributed by atoms with Gasteiger partial charge in [0.25, 0.3) is 0 Å². The topological polar surface area (TPSA) is 58.6 Å². The third kappa shape index (κ3) is 4.68. The van der Waals surface area contributed by atoms with Crippen LogP contribution in [0.1, 0.15) is 16.9 Å². The van der Waals surface area contributed by atoms with E-state index in [4.69, 9.17) is 4.74 Å². The summed E-state index contributed by atoms with van der Waals surface area (Å²) >= 11 is 3.07. The molecule has 0 bridgehead atoms. The van der Waals surface area contributed by atoms with Crippen molar-refractivity contribution in [1.82, 2.24) is 4.90 Å². The maximum Gasteiger partial charge on any atom is 0.238 e. The van der Waals surface area contributed by atoms with Crippen LogP contribution in [-0.4, -0.2) is 29.1 Å². The number of benzene rings is 2. The molecule has 5 nitrogen and oxygen atoms in total. The average Bonchev–Trinajstić information content (AvgIpc) is 3.27. The normalized spacial score (nSPS) is 15.2. The van der Waals surface area contributed by atoms with Gasteiger partial charge in [0, 0.05) is 28.3 Å². The molecule has 2 amide bonds. The Morgan fingerprint density at radius 2 is 1.87 bits per heavy atom. The lowest BCUT2D eigenvalue weighted by Crippen LogP contribution is -2.37. The van der Waals surface area contributed by atoms with E-state index < -0.39 is 5.25 Å². The Labute approximate surface area is 184 Å². The number of carbonyl (C=O) groups excluding carboxylic acids is 2. The summed E-state index contributed by atoms with van der Waals surface area (Å²) in [6.07, 6.45) is 0.144. The van der Waals surface area contributed by atoms with Gasteiger partial charge in [0.15, 0.2) is 0 Å². The molecule has 30 heavy (non-hydrogen) atoms. The molecule has 1 aromatic heterocycles. The predicted octanol–water partition coefficient (Wildman–Crippen LogP) is 4.79. The Balaban J connectivity index is 1.53. The van der Waals surface area contributed by atoms with E-state index >= 15 is 0 Å². The highest BCUT2D eigenvalue weighted by Crippen LogP contribution is 2.37. The number of thioether (sulfide) groups is 1. The van der Waals surface area contributed by atoms with Gasteiger partial charge in [0.2, 0.25) is 11.8 Å². The molecule has 0 unspecified atom stereocenters. The molecule has 1 atom stereocenters. The number of amides is 2. The Morgan fingerprint density at radius 1 is 1.07 bits per heavy atom. The molecule has 0 fully saturated rings. The van der Waals surface area contributed by atoms with E-state index in [0.717, 1.165) is 26.8 Å². The number of ether oxygens (including phenoxy) is 1. The standard InChI is InChI=1S/C23H22N2O3S2/c1-28-19-10-4-2-7-16(19)14-25(15-17-8-6-12-29-17)22(26)13-21-23(27)24-18-9-3-5-11-20(18)30-21/h2-12,21H,13-15H2,1H3,(H,24,27)/t21-/m0/s1. The molecule has 2 heterocycles. The Morgan fingerprint density at radius 3 is 2.67 bits per heavy atom. The largest absolute Gasteiger partial charge is 0.496 e. The van der Waals surface area contributed by atoms with Gasteiger partial charge in [0.1, 0.15) is 5.75 Å². The second kappa shape index (κ2) is 9.36. The second-order valence-electron chi connectivity index (χ2n) is 6.94. The van der Waals surface area contributed by atoms with Crippen LogP contribution in [0.15, 0.2) is 70.9 Å². The highest BCUT2D eigenvalue weighted by atomic mass is 32.2. The van der Waals surface area contributed by atoms with Crippen LogP contribution in [0.2, 0.25) is 0 Å². The Kier molecular flexibility index (Phi) is 6.40. The van der Waals surface area contributed by atoms with Crippen molar-refractivity contribution in [3.63, 3.8) is 0 Å². The molecular formula is C23H22N2O3S2. The molecule has 3 aromatic rings. The zero-order chi connectivity index (χ0) is 20.9. The van der Waals surface area contributed by atoms with E-state index in [2.05, 4.69) is 5.32 Å². The Hall–Kier alpha value is -2.77. The summed E-state index contributed by atoms with van der Waals surface area (Å²) in [6, 6.07) is 19.4. The number of nitrogens with one attached hydrogen (secondary N) is 1. The van der Waals surface area contributed by atoms with Gasteiger partial charge >= 0.3 is 0 Å². The lowest BCUT2D eigenvalue weighted by atomic mass is 10.1. The van der Waals surface area contributed by atoms with Gasteiger partial charge in [-0.1, -0.05) is 36.4 Å². The van der Waals surface area contributed by atoms with Crippen LogP contribution in [0, 0.1) is 0 Å². The minimum absolute atomic E-state index is 0.0543. The quantitative estimate of drug-likeness (QED) is 0.576. The number of thiophene rings is 1. The molecule has 0 aliphatic carbocycles. The summed E-state index contributed by atoms with van der Waals surface area (Å²) in [5.41, 5.74) is 1.75. The molecular weight excluding hydrogens is 416 g/mol. The van der Waals surface area contributed by atoms with Crippen molar-refractivity contribution in [2.75, 3.05) is 12.4 Å². The molecule has 1 N–H and O–H groups in total. The molecule has 0 spiro atoms. The number of nitrogens with zero attached hydrogens (tertiary/aromatic N) is 1. The number of methoxy groups -OCH3 is 1. The van der Waals surface area contributed by atoms with Gasteiger partial charge in [-0.15, -0.1) is 23.1 Å². The number of rotatable bonds is 7. The molecule has 154 valence electrons. The molecule has 0 radical (unpaired) electrons. The first-order valence-electron chi connectivity index (χ1n) is 9.62. The molecule has 0 saturated heterocycles. The number of carbonyl (C=O) groups is 2. The van der Waals surface area contributed by atoms with E-state index in [-0.39, 0.29) is 18.2 Å². The van der Waals surface area contributed by atoms with Crippen molar-refractivity contribution in [3.05, 3.63) is 76.5 Å². The van der Waals surface area contributed by atoms with Crippen LogP contribution in [0.4, 0.5) is 5.69 Å². The number of para-hydroxylation sites is 2. The summed E-state index contributed by atoms with van der Waals surface area (Å²) in [5.74, 6) is 0.571. The number of anilines is 1. The van der Waals surface area contributed by atoms with Crippen LogP contribution in [0.5, 0.6) is 5.75 Å². The minimum atomic E-state index is -0.448. The smallest absolute Gasteiger partial charge is 0.238 e. The van der Waals surface area contributed by atoms with E-state index in [0.29, 0.717) is 13.1 Å². The van der Waals surface area contributed by atoms with Gasteiger partial charge < -0.3 is 15.0 Å². The van der Waals surface area contributed by atoms with Crippen molar-refractivity contribution >= 4 is 40.6 Å². The van der Waals surface area contributed by atoms with E-state index in [1.165, 1.54) is 11.8 Å². The first-order chi connectivity index (χ1) is 14.6. The summed E-state index contributed by atoms with van der Waals surface area (Å²) < 4.78 is 5.46. The van der Waals surface area contributed by atoms with Crippen molar-refractivity contribution < 1.29 is 14.3 Å². The van der Waals surface area contributed by atoms with Gasteiger partial charge in [0.05, 0.1) is 24.6 Å². The second-order valence-corrected chi connectivity index (χ2v) is 9.21. The van der Waals surface area contributed by atoms with E-state index in [1.807, 2.05) is 66.0 Å². The van der Waals surface area contributed by atoms with Crippen molar-refractivity contribution in [1.29, 1.82) is 0 Å². The third-order valence-corrected chi connectivity index (χ3v) is 7.04. The fourth-order valence-corrected chi connectivity index (χ4v) is 5.20. The molecule has 0 saturated carbocycles. The lowest BCUT2D eigenvalue weighted by Gasteiger charge is -2.27. The van der Waals surface area contributed by atoms with E-state index in [9.17, 15) is 9.59 Å². The number of fused-ring (bicyclic) bond motifs is 1. The van der Waals surface area contributed by atoms with Crippen molar-refractivity contribution in [2.45, 2.75) is 29.7 Å². The van der Waals surface area contributed by atoms with Crippen LogP contribution in [0.3, 0.4) is 0 Å². The molecule has 7 heteroatoms.